The quantitative estimate of drug-likeness (QED) is 0.748. The molecule has 0 radical (unpaired) electrons. The highest BCUT2D eigenvalue weighted by molar-refractivity contribution is 7.98. The van der Waals surface area contributed by atoms with Crippen molar-refractivity contribution in [3.8, 4) is 0 Å². The molecule has 0 aliphatic rings. The molecule has 0 amide bonds. The minimum Gasteiger partial charge on any atom is -0.328 e. The lowest BCUT2D eigenvalue weighted by molar-refractivity contribution is 0.666. The molecule has 0 aromatic heterocycles. The second kappa shape index (κ2) is 5.30. The summed E-state index contributed by atoms with van der Waals surface area (Å²) in [6.45, 7) is 2.05. The zero-order valence-electron chi connectivity index (χ0n) is 8.29. The van der Waals surface area contributed by atoms with Gasteiger partial charge in [-0.05, 0) is 43.7 Å². The molecule has 0 saturated heterocycles. The van der Waals surface area contributed by atoms with Gasteiger partial charge in [0.15, 0.2) is 0 Å². The van der Waals surface area contributed by atoms with Crippen LogP contribution >= 0.6 is 11.8 Å². The van der Waals surface area contributed by atoms with Gasteiger partial charge in [0.05, 0.1) is 0 Å². The molecule has 0 aliphatic carbocycles. The van der Waals surface area contributed by atoms with Crippen LogP contribution in [0.5, 0.6) is 0 Å². The Kier molecular flexibility index (Phi) is 4.33. The average molecular weight is 195 g/mol. The maximum atomic E-state index is 5.69. The Morgan fingerprint density at radius 2 is 1.92 bits per heavy atom. The van der Waals surface area contributed by atoms with E-state index in [0.29, 0.717) is 6.04 Å². The first-order valence-electron chi connectivity index (χ1n) is 4.61. The fraction of sp³-hybridized carbons (Fsp3) is 0.455. The van der Waals surface area contributed by atoms with E-state index in [1.807, 2.05) is 0 Å². The summed E-state index contributed by atoms with van der Waals surface area (Å²) in [4.78, 5) is 1.32. The van der Waals surface area contributed by atoms with Crippen LogP contribution in [0.1, 0.15) is 18.9 Å². The molecule has 0 saturated carbocycles. The smallest absolute Gasteiger partial charge is 0.00693 e. The minimum absolute atomic E-state index is 0.306. The van der Waals surface area contributed by atoms with Crippen LogP contribution in [0, 0.1) is 0 Å². The zero-order chi connectivity index (χ0) is 9.68. The summed E-state index contributed by atoms with van der Waals surface area (Å²) < 4.78 is 0. The van der Waals surface area contributed by atoms with E-state index in [4.69, 9.17) is 5.73 Å². The summed E-state index contributed by atoms with van der Waals surface area (Å²) in [7, 11) is 0. The summed E-state index contributed by atoms with van der Waals surface area (Å²) in [6.07, 6.45) is 4.25. The highest BCUT2D eigenvalue weighted by atomic mass is 32.2. The molecule has 1 unspecified atom stereocenters. The minimum atomic E-state index is 0.306. The predicted molar refractivity (Wildman–Crippen MR) is 60.2 cm³/mol. The second-order valence-electron chi connectivity index (χ2n) is 3.36. The molecule has 2 N–H and O–H groups in total. The molecule has 1 atom stereocenters. The summed E-state index contributed by atoms with van der Waals surface area (Å²) in [5.74, 6) is 0. The normalized spacial score (nSPS) is 12.8. The number of hydrogen-bond acceptors (Lipinski definition) is 2. The van der Waals surface area contributed by atoms with Gasteiger partial charge in [0, 0.05) is 10.9 Å². The molecule has 0 heterocycles. The molecule has 0 spiro atoms. The maximum Gasteiger partial charge on any atom is 0.00693 e. The number of thioether (sulfide) groups is 1. The Hall–Kier alpha value is -0.470. The average Bonchev–Trinajstić information content (AvgIpc) is 2.15. The van der Waals surface area contributed by atoms with E-state index in [0.717, 1.165) is 12.8 Å². The van der Waals surface area contributed by atoms with E-state index in [9.17, 15) is 0 Å². The van der Waals surface area contributed by atoms with E-state index in [-0.39, 0.29) is 0 Å². The Morgan fingerprint density at radius 3 is 2.38 bits per heavy atom. The predicted octanol–water partition coefficient (Wildman–Crippen LogP) is 2.69. The van der Waals surface area contributed by atoms with Crippen molar-refractivity contribution < 1.29 is 0 Å². The maximum absolute atomic E-state index is 5.69. The Morgan fingerprint density at radius 1 is 1.31 bits per heavy atom. The lowest BCUT2D eigenvalue weighted by atomic mass is 10.1. The first-order chi connectivity index (χ1) is 6.22. The van der Waals surface area contributed by atoms with Gasteiger partial charge in [0.25, 0.3) is 0 Å². The SMILES string of the molecule is CSc1ccc(CCC(C)N)cc1. The summed E-state index contributed by atoms with van der Waals surface area (Å²) in [5, 5.41) is 0. The summed E-state index contributed by atoms with van der Waals surface area (Å²) >= 11 is 1.78. The Labute approximate surface area is 84.7 Å². The largest absolute Gasteiger partial charge is 0.328 e. The summed E-state index contributed by atoms with van der Waals surface area (Å²) in [5.41, 5.74) is 7.08. The van der Waals surface area contributed by atoms with Crippen molar-refractivity contribution in [2.45, 2.75) is 30.7 Å². The third kappa shape index (κ3) is 3.83. The number of benzene rings is 1. The molecule has 1 aromatic rings. The molecule has 13 heavy (non-hydrogen) atoms. The molecule has 0 aliphatic heterocycles. The van der Waals surface area contributed by atoms with Gasteiger partial charge in [0.2, 0.25) is 0 Å². The van der Waals surface area contributed by atoms with Crippen LogP contribution in [0.2, 0.25) is 0 Å². The molecule has 0 fully saturated rings. The number of rotatable bonds is 4. The number of nitrogens with two attached hydrogens (primary N) is 1. The van der Waals surface area contributed by atoms with Gasteiger partial charge in [0.1, 0.15) is 0 Å². The van der Waals surface area contributed by atoms with Crippen LogP contribution in [-0.2, 0) is 6.42 Å². The van der Waals surface area contributed by atoms with E-state index >= 15 is 0 Å². The fourth-order valence-electron chi connectivity index (χ4n) is 1.19. The molecule has 1 aromatic carbocycles. The topological polar surface area (TPSA) is 26.0 Å². The monoisotopic (exact) mass is 195 g/mol. The number of aryl methyl sites for hydroxylation is 1. The molecular weight excluding hydrogens is 178 g/mol. The molecule has 0 bridgehead atoms. The van der Waals surface area contributed by atoms with Crippen LogP contribution < -0.4 is 5.73 Å². The van der Waals surface area contributed by atoms with Gasteiger partial charge in [-0.15, -0.1) is 11.8 Å². The summed E-state index contributed by atoms with van der Waals surface area (Å²) in [6, 6.07) is 9.02. The van der Waals surface area contributed by atoms with Crippen molar-refractivity contribution in [3.05, 3.63) is 29.8 Å². The van der Waals surface area contributed by atoms with E-state index in [1.54, 1.807) is 11.8 Å². The van der Waals surface area contributed by atoms with Gasteiger partial charge in [-0.1, -0.05) is 12.1 Å². The van der Waals surface area contributed by atoms with Crippen molar-refractivity contribution in [2.75, 3.05) is 6.26 Å². The fourth-order valence-corrected chi connectivity index (χ4v) is 1.59. The van der Waals surface area contributed by atoms with Gasteiger partial charge in [-0.3, -0.25) is 0 Å². The van der Waals surface area contributed by atoms with E-state index in [2.05, 4.69) is 37.4 Å². The standard InChI is InChI=1S/C11H17NS/c1-9(12)3-4-10-5-7-11(13-2)8-6-10/h5-9H,3-4,12H2,1-2H3. The van der Waals surface area contributed by atoms with Crippen molar-refractivity contribution >= 4 is 11.8 Å². The third-order valence-electron chi connectivity index (χ3n) is 2.05. The molecule has 1 rings (SSSR count). The van der Waals surface area contributed by atoms with Crippen molar-refractivity contribution in [3.63, 3.8) is 0 Å². The van der Waals surface area contributed by atoms with E-state index < -0.39 is 0 Å². The van der Waals surface area contributed by atoms with Crippen LogP contribution in [-0.4, -0.2) is 12.3 Å². The molecule has 72 valence electrons. The lowest BCUT2D eigenvalue weighted by Gasteiger charge is -2.05. The first kappa shape index (κ1) is 10.6. The van der Waals surface area contributed by atoms with E-state index in [1.165, 1.54) is 10.5 Å². The highest BCUT2D eigenvalue weighted by Gasteiger charge is 1.96. The van der Waals surface area contributed by atoms with Crippen LogP contribution in [0.25, 0.3) is 0 Å². The first-order valence-corrected chi connectivity index (χ1v) is 5.83. The van der Waals surface area contributed by atoms with Crippen LogP contribution in [0.4, 0.5) is 0 Å². The molecule has 2 heteroatoms. The van der Waals surface area contributed by atoms with Crippen molar-refractivity contribution in [1.82, 2.24) is 0 Å². The van der Waals surface area contributed by atoms with Gasteiger partial charge < -0.3 is 5.73 Å². The van der Waals surface area contributed by atoms with Crippen LogP contribution in [0.15, 0.2) is 29.2 Å². The lowest BCUT2D eigenvalue weighted by Crippen LogP contribution is -2.15. The van der Waals surface area contributed by atoms with Crippen molar-refractivity contribution in [2.24, 2.45) is 5.73 Å². The van der Waals surface area contributed by atoms with Gasteiger partial charge >= 0.3 is 0 Å². The highest BCUT2D eigenvalue weighted by Crippen LogP contribution is 2.15. The van der Waals surface area contributed by atoms with Crippen LogP contribution in [0.3, 0.4) is 0 Å². The van der Waals surface area contributed by atoms with Crippen molar-refractivity contribution in [1.29, 1.82) is 0 Å². The Bertz CT molecular complexity index is 241. The van der Waals surface area contributed by atoms with Gasteiger partial charge in [-0.25, -0.2) is 0 Å². The zero-order valence-corrected chi connectivity index (χ0v) is 9.10. The molecule has 1 nitrogen and oxygen atoms in total. The second-order valence-corrected chi connectivity index (χ2v) is 4.24. The number of hydrogen-bond donors (Lipinski definition) is 1. The molecular formula is C11H17NS. The Balaban J connectivity index is 2.49. The van der Waals surface area contributed by atoms with Gasteiger partial charge in [-0.2, -0.15) is 0 Å². The third-order valence-corrected chi connectivity index (χ3v) is 2.79.